The van der Waals surface area contributed by atoms with Crippen molar-refractivity contribution in [2.75, 3.05) is 5.32 Å². The number of amides is 2. The molecule has 0 radical (unpaired) electrons. The van der Waals surface area contributed by atoms with Crippen molar-refractivity contribution in [1.82, 2.24) is 14.9 Å². The summed E-state index contributed by atoms with van der Waals surface area (Å²) in [5.74, 6) is -3.59. The monoisotopic (exact) mass is 500 g/mol. The second-order valence-electron chi connectivity index (χ2n) is 9.64. The number of hydrogen-bond acceptors (Lipinski definition) is 4. The lowest BCUT2D eigenvalue weighted by molar-refractivity contribution is -0.196. The number of nitrogens with zero attached hydrogens (tertiary/aromatic N) is 1. The van der Waals surface area contributed by atoms with Gasteiger partial charge in [-0.2, -0.15) is 13.2 Å². The molecule has 1 aliphatic rings. The minimum Gasteiger partial charge on any atom is -0.326 e. The topological polar surface area (TPSA) is 113 Å². The summed E-state index contributed by atoms with van der Waals surface area (Å²) in [6, 6.07) is 12.0. The smallest absolute Gasteiger partial charge is 0.326 e. The van der Waals surface area contributed by atoms with Crippen LogP contribution in [0.25, 0.3) is 5.69 Å². The first-order valence-electron chi connectivity index (χ1n) is 10.9. The molecule has 1 aliphatic heterocycles. The summed E-state index contributed by atoms with van der Waals surface area (Å²) in [6.07, 6.45) is -5.42. The van der Waals surface area contributed by atoms with E-state index in [1.165, 1.54) is 24.3 Å². The highest BCUT2D eigenvalue weighted by Gasteiger charge is 2.68. The Morgan fingerprint density at radius 3 is 2.06 bits per heavy atom. The fourth-order valence-electron chi connectivity index (χ4n) is 4.08. The molecule has 0 spiro atoms. The van der Waals surface area contributed by atoms with Gasteiger partial charge in [0.15, 0.2) is 0 Å². The number of aromatic amines is 1. The number of fused-ring (bicyclic) bond motifs is 1. The molecule has 188 valence electrons. The normalized spacial score (nSPS) is 17.5. The lowest BCUT2D eigenvalue weighted by Crippen LogP contribution is -2.62. The molecule has 0 saturated heterocycles. The zero-order valence-electron chi connectivity index (χ0n) is 19.8. The Kier molecular flexibility index (Phi) is 5.69. The molecule has 0 bridgehead atoms. The van der Waals surface area contributed by atoms with Crippen LogP contribution in [0.2, 0.25) is 0 Å². The Hall–Kier alpha value is -4.15. The third-order valence-corrected chi connectivity index (χ3v) is 6.09. The van der Waals surface area contributed by atoms with E-state index < -0.39 is 46.2 Å². The molecule has 2 heterocycles. The fraction of sp³-hybridized carbons (Fsp3) is 0.280. The average Bonchev–Trinajstić information content (AvgIpc) is 3.07. The molecular formula is C25H23F3N4O4. The maximum Gasteiger partial charge on any atom is 0.425 e. The second kappa shape index (κ2) is 8.21. The predicted octanol–water partition coefficient (Wildman–Crippen LogP) is 3.27. The van der Waals surface area contributed by atoms with Crippen LogP contribution in [0.5, 0.6) is 0 Å². The number of hydrogen-bond donors (Lipinski definition) is 3. The summed E-state index contributed by atoms with van der Waals surface area (Å²) in [5, 5.41) is 3.76. The highest BCUT2D eigenvalue weighted by molar-refractivity contribution is 6.09. The molecule has 8 nitrogen and oxygen atoms in total. The molecule has 3 aromatic rings. The highest BCUT2D eigenvalue weighted by Crippen LogP contribution is 2.45. The Labute approximate surface area is 203 Å². The molecule has 1 aromatic heterocycles. The molecule has 3 N–H and O–H groups in total. The van der Waals surface area contributed by atoms with Crippen LogP contribution in [-0.2, 0) is 15.7 Å². The van der Waals surface area contributed by atoms with E-state index in [2.05, 4.69) is 0 Å². The number of carbonyl (C=O) groups excluding carboxylic acids is 2. The Balaban J connectivity index is 1.89. The third kappa shape index (κ3) is 3.90. The van der Waals surface area contributed by atoms with Crippen LogP contribution >= 0.6 is 0 Å². The predicted molar refractivity (Wildman–Crippen MR) is 126 cm³/mol. The van der Waals surface area contributed by atoms with Gasteiger partial charge < -0.3 is 10.6 Å². The van der Waals surface area contributed by atoms with Gasteiger partial charge in [0, 0.05) is 5.56 Å². The van der Waals surface area contributed by atoms with E-state index in [9.17, 15) is 32.3 Å². The van der Waals surface area contributed by atoms with Crippen LogP contribution < -0.4 is 21.9 Å². The van der Waals surface area contributed by atoms with Crippen molar-refractivity contribution in [2.45, 2.75) is 44.8 Å². The van der Waals surface area contributed by atoms with Crippen LogP contribution in [0.3, 0.4) is 0 Å². The minimum absolute atomic E-state index is 0.112. The number of rotatable bonds is 3. The average molecular weight is 500 g/mol. The number of aryl methyl sites for hydroxylation is 1. The first-order chi connectivity index (χ1) is 16.7. The number of alkyl halides is 3. The summed E-state index contributed by atoms with van der Waals surface area (Å²) in [6.45, 7) is 7.56. The first-order valence-corrected chi connectivity index (χ1v) is 10.9. The molecule has 0 unspecified atom stereocenters. The quantitative estimate of drug-likeness (QED) is 0.512. The van der Waals surface area contributed by atoms with Crippen LogP contribution in [0.15, 0.2) is 58.1 Å². The van der Waals surface area contributed by atoms with E-state index in [1.54, 1.807) is 36.5 Å². The van der Waals surface area contributed by atoms with Gasteiger partial charge in [-0.25, -0.2) is 9.36 Å². The van der Waals surface area contributed by atoms with Gasteiger partial charge in [-0.15, -0.1) is 0 Å². The third-order valence-electron chi connectivity index (χ3n) is 6.09. The van der Waals surface area contributed by atoms with E-state index in [4.69, 9.17) is 0 Å². The van der Waals surface area contributed by atoms with Gasteiger partial charge in [0.25, 0.3) is 22.9 Å². The minimum atomic E-state index is -5.42. The Morgan fingerprint density at radius 1 is 0.944 bits per heavy atom. The van der Waals surface area contributed by atoms with Crippen LogP contribution in [0.4, 0.5) is 19.0 Å². The first kappa shape index (κ1) is 25.0. The zero-order chi connectivity index (χ0) is 26.6. The van der Waals surface area contributed by atoms with E-state index in [1.807, 2.05) is 31.1 Å². The van der Waals surface area contributed by atoms with Gasteiger partial charge in [0.05, 0.1) is 5.69 Å². The summed E-state index contributed by atoms with van der Waals surface area (Å²) < 4.78 is 44.5. The van der Waals surface area contributed by atoms with E-state index in [0.29, 0.717) is 0 Å². The van der Waals surface area contributed by atoms with Crippen molar-refractivity contribution >= 4 is 17.6 Å². The Morgan fingerprint density at radius 2 is 1.53 bits per heavy atom. The largest absolute Gasteiger partial charge is 0.425 e. The molecule has 2 amide bonds. The van der Waals surface area contributed by atoms with Gasteiger partial charge >= 0.3 is 11.9 Å². The van der Waals surface area contributed by atoms with Crippen molar-refractivity contribution in [1.29, 1.82) is 0 Å². The summed E-state index contributed by atoms with van der Waals surface area (Å²) >= 11 is 0. The standard InChI is InChI=1S/C25H23F3N4O4/c1-13-5-11-16(12-6-13)32-18-17(20(34)30-22(32)36)24(21(35)29-18,25(26,27)28)31-19(33)14-7-9-15(10-8-14)23(2,3)4/h5-12H,1-4H3,(H,29,35)(H,31,33)(H,30,34,36)/t24-/m0/s1. The molecule has 1 atom stereocenters. The molecule has 4 rings (SSSR count). The van der Waals surface area contributed by atoms with Gasteiger partial charge in [0.1, 0.15) is 11.4 Å². The van der Waals surface area contributed by atoms with Crippen molar-refractivity contribution < 1.29 is 22.8 Å². The highest BCUT2D eigenvalue weighted by atomic mass is 19.4. The van der Waals surface area contributed by atoms with Crippen LogP contribution in [0.1, 0.15) is 47.8 Å². The Bertz CT molecular complexity index is 1480. The van der Waals surface area contributed by atoms with E-state index >= 15 is 0 Å². The molecular weight excluding hydrogens is 477 g/mol. The molecule has 0 saturated carbocycles. The van der Waals surface area contributed by atoms with Gasteiger partial charge in [-0.05, 0) is 42.2 Å². The van der Waals surface area contributed by atoms with Crippen LogP contribution in [-0.4, -0.2) is 27.5 Å². The summed E-state index contributed by atoms with van der Waals surface area (Å²) in [5.41, 5.74) is -5.99. The molecule has 36 heavy (non-hydrogen) atoms. The molecule has 11 heteroatoms. The van der Waals surface area contributed by atoms with E-state index in [-0.39, 0.29) is 16.7 Å². The number of anilines is 1. The SMILES string of the molecule is Cc1ccc(-n2c3c(c(=O)[nH]c2=O)[C@@](NC(=O)c2ccc(C(C)(C)C)cc2)(C(F)(F)F)C(=O)N3)cc1. The zero-order valence-corrected chi connectivity index (χ0v) is 19.8. The number of H-pyrrole nitrogens is 1. The molecule has 0 aliphatic carbocycles. The fourth-order valence-corrected chi connectivity index (χ4v) is 4.08. The number of nitrogens with one attached hydrogen (secondary N) is 3. The lowest BCUT2D eigenvalue weighted by atomic mass is 9.86. The van der Waals surface area contributed by atoms with E-state index in [0.717, 1.165) is 15.7 Å². The van der Waals surface area contributed by atoms with Crippen molar-refractivity contribution in [3.05, 3.63) is 91.6 Å². The number of carbonyl (C=O) groups is 2. The van der Waals surface area contributed by atoms with Gasteiger partial charge in [-0.1, -0.05) is 50.6 Å². The maximum atomic E-state index is 14.6. The molecule has 0 fully saturated rings. The van der Waals surface area contributed by atoms with Crippen molar-refractivity contribution in [3.8, 4) is 5.69 Å². The lowest BCUT2D eigenvalue weighted by Gasteiger charge is -2.30. The van der Waals surface area contributed by atoms with Crippen LogP contribution in [0, 0.1) is 6.92 Å². The van der Waals surface area contributed by atoms with Gasteiger partial charge in [-0.3, -0.25) is 19.4 Å². The molecule has 2 aromatic carbocycles. The van der Waals surface area contributed by atoms with Gasteiger partial charge in [0.2, 0.25) is 0 Å². The second-order valence-corrected chi connectivity index (χ2v) is 9.64. The number of benzene rings is 2. The maximum absolute atomic E-state index is 14.6. The number of halogens is 3. The number of aromatic nitrogens is 2. The summed E-state index contributed by atoms with van der Waals surface area (Å²) in [7, 11) is 0. The summed E-state index contributed by atoms with van der Waals surface area (Å²) in [4.78, 5) is 53.1. The van der Waals surface area contributed by atoms with Crippen molar-refractivity contribution in [2.24, 2.45) is 0 Å². The van der Waals surface area contributed by atoms with Crippen molar-refractivity contribution in [3.63, 3.8) is 0 Å².